The molecule has 7 heteroatoms. The number of carboxylic acids is 1. The fourth-order valence-corrected chi connectivity index (χ4v) is 2.48. The first-order valence-corrected chi connectivity index (χ1v) is 7.24. The zero-order chi connectivity index (χ0) is 16.0. The van der Waals surface area contributed by atoms with Crippen LogP contribution < -0.4 is 5.32 Å². The van der Waals surface area contributed by atoms with E-state index < -0.39 is 30.1 Å². The molecular formula is C14H24N2O5. The number of hydrogen-bond donors (Lipinski definition) is 2. The molecule has 2 atom stereocenters. The van der Waals surface area contributed by atoms with Gasteiger partial charge in [-0.1, -0.05) is 13.8 Å². The number of carboxylic acid groups (broad SMARTS) is 1. The molecule has 0 bridgehead atoms. The lowest BCUT2D eigenvalue weighted by molar-refractivity contribution is -0.146. The second-order valence-corrected chi connectivity index (χ2v) is 5.70. The minimum atomic E-state index is -1.07. The Morgan fingerprint density at radius 3 is 2.52 bits per heavy atom. The first kappa shape index (κ1) is 17.3. The lowest BCUT2D eigenvalue weighted by atomic mass is 10.0. The summed E-state index contributed by atoms with van der Waals surface area (Å²) in [5.41, 5.74) is 0. The van der Waals surface area contributed by atoms with Crippen molar-refractivity contribution in [1.82, 2.24) is 10.2 Å². The molecule has 0 spiro atoms. The van der Waals surface area contributed by atoms with Gasteiger partial charge in [-0.15, -0.1) is 0 Å². The number of aliphatic carboxylic acids is 1. The van der Waals surface area contributed by atoms with Crippen LogP contribution in [-0.2, 0) is 14.3 Å². The van der Waals surface area contributed by atoms with E-state index in [0.29, 0.717) is 19.4 Å². The Morgan fingerprint density at radius 2 is 2.00 bits per heavy atom. The van der Waals surface area contributed by atoms with Crippen LogP contribution in [0.5, 0.6) is 0 Å². The summed E-state index contributed by atoms with van der Waals surface area (Å²) in [6.45, 7) is 4.21. The molecule has 1 aliphatic heterocycles. The van der Waals surface area contributed by atoms with Gasteiger partial charge in [-0.05, 0) is 31.6 Å². The molecule has 0 radical (unpaired) electrons. The molecule has 1 aliphatic rings. The monoisotopic (exact) mass is 300 g/mol. The number of likely N-dealkylation sites (tertiary alicyclic amines) is 1. The fourth-order valence-electron chi connectivity index (χ4n) is 2.48. The zero-order valence-corrected chi connectivity index (χ0v) is 12.8. The second-order valence-electron chi connectivity index (χ2n) is 5.70. The van der Waals surface area contributed by atoms with Crippen molar-refractivity contribution < 1.29 is 24.2 Å². The van der Waals surface area contributed by atoms with Gasteiger partial charge in [0.2, 0.25) is 0 Å². The number of hydrogen-bond acceptors (Lipinski definition) is 4. The normalized spacial score (nSPS) is 20.0. The van der Waals surface area contributed by atoms with E-state index in [0.717, 1.165) is 12.8 Å². The second kappa shape index (κ2) is 7.85. The van der Waals surface area contributed by atoms with Gasteiger partial charge in [-0.25, -0.2) is 14.4 Å². The molecule has 0 saturated carbocycles. The molecule has 1 saturated heterocycles. The Labute approximate surface area is 124 Å². The predicted octanol–water partition coefficient (Wildman–Crippen LogP) is 1.22. The Bertz CT molecular complexity index is 397. The third-order valence-corrected chi connectivity index (χ3v) is 3.54. The lowest BCUT2D eigenvalue weighted by Gasteiger charge is -2.34. The molecule has 120 valence electrons. The largest absolute Gasteiger partial charge is 0.480 e. The molecule has 21 heavy (non-hydrogen) atoms. The molecule has 2 N–H and O–H groups in total. The summed E-state index contributed by atoms with van der Waals surface area (Å²) in [5, 5.41) is 11.7. The van der Waals surface area contributed by atoms with Gasteiger partial charge < -0.3 is 20.1 Å². The maximum absolute atomic E-state index is 12.3. The average Bonchev–Trinajstić information content (AvgIpc) is 2.45. The minimum absolute atomic E-state index is 0.143. The minimum Gasteiger partial charge on any atom is -0.480 e. The molecule has 1 heterocycles. The van der Waals surface area contributed by atoms with Crippen molar-refractivity contribution in [3.63, 3.8) is 0 Å². The SMILES string of the molecule is COC(=O)C1CCCCN1C(=O)N[C@@H](CC(C)C)C(=O)O. The van der Waals surface area contributed by atoms with Crippen LogP contribution in [0.1, 0.15) is 39.5 Å². The van der Waals surface area contributed by atoms with Crippen molar-refractivity contribution in [2.75, 3.05) is 13.7 Å². The third kappa shape index (κ3) is 4.91. The first-order chi connectivity index (χ1) is 9.86. The molecule has 0 aromatic rings. The summed E-state index contributed by atoms with van der Waals surface area (Å²) in [4.78, 5) is 36.6. The van der Waals surface area contributed by atoms with Gasteiger partial charge in [0.1, 0.15) is 12.1 Å². The molecule has 0 aliphatic carbocycles. The maximum Gasteiger partial charge on any atom is 0.328 e. The van der Waals surface area contributed by atoms with Gasteiger partial charge in [0.05, 0.1) is 7.11 Å². The summed E-state index contributed by atoms with van der Waals surface area (Å²) in [6.07, 6.45) is 2.53. The quantitative estimate of drug-likeness (QED) is 0.744. The van der Waals surface area contributed by atoms with E-state index in [2.05, 4.69) is 5.32 Å². The predicted molar refractivity (Wildman–Crippen MR) is 75.8 cm³/mol. The Morgan fingerprint density at radius 1 is 1.33 bits per heavy atom. The molecule has 0 aromatic heterocycles. The van der Waals surface area contributed by atoms with E-state index >= 15 is 0 Å². The van der Waals surface area contributed by atoms with Crippen molar-refractivity contribution in [1.29, 1.82) is 0 Å². The number of nitrogens with zero attached hydrogens (tertiary/aromatic N) is 1. The maximum atomic E-state index is 12.3. The highest BCUT2D eigenvalue weighted by Gasteiger charge is 2.34. The van der Waals surface area contributed by atoms with Crippen molar-refractivity contribution >= 4 is 18.0 Å². The molecule has 2 amide bonds. The standard InChI is InChI=1S/C14H24N2O5/c1-9(2)8-10(12(17)18)15-14(20)16-7-5-4-6-11(16)13(19)21-3/h9-11H,4-8H2,1-3H3,(H,15,20)(H,17,18)/t10-,11?/m0/s1. The van der Waals surface area contributed by atoms with Crippen molar-refractivity contribution in [2.24, 2.45) is 5.92 Å². The number of ether oxygens (including phenoxy) is 1. The number of piperidine rings is 1. The smallest absolute Gasteiger partial charge is 0.328 e. The lowest BCUT2D eigenvalue weighted by Crippen LogP contribution is -2.55. The summed E-state index contributed by atoms with van der Waals surface area (Å²) < 4.78 is 4.71. The average molecular weight is 300 g/mol. The van der Waals surface area contributed by atoms with Crippen LogP contribution in [0.25, 0.3) is 0 Å². The number of nitrogens with one attached hydrogen (secondary N) is 1. The Balaban J connectivity index is 2.74. The zero-order valence-electron chi connectivity index (χ0n) is 12.8. The van der Waals surface area contributed by atoms with Gasteiger partial charge in [0, 0.05) is 6.54 Å². The summed E-state index contributed by atoms with van der Waals surface area (Å²) in [5.74, 6) is -1.38. The third-order valence-electron chi connectivity index (χ3n) is 3.54. The summed E-state index contributed by atoms with van der Waals surface area (Å²) in [6, 6.07) is -2.09. The highest BCUT2D eigenvalue weighted by atomic mass is 16.5. The van der Waals surface area contributed by atoms with Crippen molar-refractivity contribution in [2.45, 2.75) is 51.6 Å². The van der Waals surface area contributed by atoms with Gasteiger partial charge in [0.25, 0.3) is 0 Å². The highest BCUT2D eigenvalue weighted by Crippen LogP contribution is 2.18. The van der Waals surface area contributed by atoms with Crippen LogP contribution >= 0.6 is 0 Å². The Kier molecular flexibility index (Phi) is 6.45. The van der Waals surface area contributed by atoms with E-state index in [1.165, 1.54) is 12.0 Å². The molecule has 0 aromatic carbocycles. The van der Waals surface area contributed by atoms with Gasteiger partial charge in [0.15, 0.2) is 0 Å². The van der Waals surface area contributed by atoms with Crippen molar-refractivity contribution in [3.8, 4) is 0 Å². The van der Waals surface area contributed by atoms with E-state index in [-0.39, 0.29) is 5.92 Å². The van der Waals surface area contributed by atoms with E-state index in [4.69, 9.17) is 9.84 Å². The van der Waals surface area contributed by atoms with Crippen LogP contribution in [0, 0.1) is 5.92 Å². The van der Waals surface area contributed by atoms with Crippen LogP contribution in [-0.4, -0.2) is 53.7 Å². The van der Waals surface area contributed by atoms with Gasteiger partial charge >= 0.3 is 18.0 Å². The van der Waals surface area contributed by atoms with Crippen LogP contribution in [0.4, 0.5) is 4.79 Å². The van der Waals surface area contributed by atoms with Gasteiger partial charge in [-0.3, -0.25) is 0 Å². The fraction of sp³-hybridized carbons (Fsp3) is 0.786. The summed E-state index contributed by atoms with van der Waals surface area (Å²) >= 11 is 0. The van der Waals surface area contributed by atoms with Crippen LogP contribution in [0.15, 0.2) is 0 Å². The number of esters is 1. The van der Waals surface area contributed by atoms with Crippen LogP contribution in [0.3, 0.4) is 0 Å². The van der Waals surface area contributed by atoms with E-state index in [9.17, 15) is 14.4 Å². The number of carbonyl (C=O) groups is 3. The Hall–Kier alpha value is -1.79. The van der Waals surface area contributed by atoms with Crippen molar-refractivity contribution in [3.05, 3.63) is 0 Å². The number of methoxy groups -OCH3 is 1. The van der Waals surface area contributed by atoms with E-state index in [1.54, 1.807) is 0 Å². The highest BCUT2D eigenvalue weighted by molar-refractivity contribution is 5.86. The first-order valence-electron chi connectivity index (χ1n) is 7.24. The molecule has 7 nitrogen and oxygen atoms in total. The van der Waals surface area contributed by atoms with Gasteiger partial charge in [-0.2, -0.15) is 0 Å². The molecule has 1 rings (SSSR count). The molecular weight excluding hydrogens is 276 g/mol. The number of carbonyl (C=O) groups excluding carboxylic acids is 2. The number of urea groups is 1. The van der Waals surface area contributed by atoms with Crippen LogP contribution in [0.2, 0.25) is 0 Å². The number of rotatable bonds is 5. The molecule has 1 unspecified atom stereocenters. The number of amides is 2. The molecule has 1 fully saturated rings. The van der Waals surface area contributed by atoms with E-state index in [1.807, 2.05) is 13.8 Å². The topological polar surface area (TPSA) is 95.9 Å². The summed E-state index contributed by atoms with van der Waals surface area (Å²) in [7, 11) is 1.28.